The molecule has 0 radical (unpaired) electrons. The lowest BCUT2D eigenvalue weighted by molar-refractivity contribution is 0.116. The molecule has 0 amide bonds. The fourth-order valence-corrected chi connectivity index (χ4v) is 2.80. The van der Waals surface area contributed by atoms with Gasteiger partial charge in [-0.15, -0.1) is 0 Å². The summed E-state index contributed by atoms with van der Waals surface area (Å²) in [5, 5.41) is 0. The number of methoxy groups -OCH3 is 1. The third-order valence-electron chi connectivity index (χ3n) is 4.27. The second-order valence-corrected chi connectivity index (χ2v) is 6.26. The van der Waals surface area contributed by atoms with Crippen molar-refractivity contribution in [2.75, 3.05) is 13.7 Å². The molecule has 2 aromatic carbocycles. The molecule has 2 rings (SSSR count). The van der Waals surface area contributed by atoms with E-state index in [2.05, 4.69) is 42.5 Å². The highest BCUT2D eigenvalue weighted by molar-refractivity contribution is 5.26. The van der Waals surface area contributed by atoms with Gasteiger partial charge in [-0.3, -0.25) is 0 Å². The van der Waals surface area contributed by atoms with Crippen molar-refractivity contribution >= 4 is 0 Å². The van der Waals surface area contributed by atoms with E-state index in [1.165, 1.54) is 49.7 Å². The first-order valence-corrected chi connectivity index (χ1v) is 9.13. The van der Waals surface area contributed by atoms with Crippen LogP contribution in [0.4, 0.5) is 0 Å². The molecule has 130 valence electrons. The van der Waals surface area contributed by atoms with E-state index in [0.29, 0.717) is 6.61 Å². The van der Waals surface area contributed by atoms with E-state index in [4.69, 9.17) is 9.47 Å². The Morgan fingerprint density at radius 2 is 1.33 bits per heavy atom. The summed E-state index contributed by atoms with van der Waals surface area (Å²) in [5.41, 5.74) is 2.67. The molecule has 0 aliphatic carbocycles. The topological polar surface area (TPSA) is 18.5 Å². The molecule has 0 saturated heterocycles. The second-order valence-electron chi connectivity index (χ2n) is 6.26. The summed E-state index contributed by atoms with van der Waals surface area (Å²) < 4.78 is 10.9. The number of rotatable bonds is 12. The predicted octanol–water partition coefficient (Wildman–Crippen LogP) is 5.80. The van der Waals surface area contributed by atoms with Crippen LogP contribution >= 0.6 is 0 Å². The van der Waals surface area contributed by atoms with Gasteiger partial charge in [-0.1, -0.05) is 68.1 Å². The molecule has 0 N–H and O–H groups in total. The maximum atomic E-state index is 5.74. The number of hydrogen-bond acceptors (Lipinski definition) is 2. The molecule has 0 aromatic heterocycles. The maximum absolute atomic E-state index is 5.74. The molecule has 0 aliphatic heterocycles. The molecule has 0 heterocycles. The van der Waals surface area contributed by atoms with Crippen LogP contribution in [0.5, 0.6) is 5.75 Å². The summed E-state index contributed by atoms with van der Waals surface area (Å²) in [4.78, 5) is 0. The van der Waals surface area contributed by atoms with E-state index in [-0.39, 0.29) is 0 Å². The summed E-state index contributed by atoms with van der Waals surface area (Å²) in [5.74, 6) is 0.894. The van der Waals surface area contributed by atoms with Crippen LogP contribution in [0.25, 0.3) is 0 Å². The Labute approximate surface area is 146 Å². The molecule has 2 heteroatoms. The molecule has 0 unspecified atom stereocenters. The molecular weight excluding hydrogens is 296 g/mol. The van der Waals surface area contributed by atoms with Gasteiger partial charge in [-0.05, 0) is 42.5 Å². The highest BCUT2D eigenvalue weighted by atomic mass is 16.5. The monoisotopic (exact) mass is 326 g/mol. The van der Waals surface area contributed by atoms with Crippen LogP contribution in [0.2, 0.25) is 0 Å². The van der Waals surface area contributed by atoms with Crippen LogP contribution in [0.3, 0.4) is 0 Å². The van der Waals surface area contributed by atoms with Gasteiger partial charge in [0, 0.05) is 6.61 Å². The zero-order valence-electron chi connectivity index (χ0n) is 14.9. The summed E-state index contributed by atoms with van der Waals surface area (Å²) in [7, 11) is 1.69. The standard InChI is InChI=1S/C22H30O2/c1-23-22-16-14-21(15-17-22)19-24-18-10-5-3-2-4-7-11-20-12-8-6-9-13-20/h6,8-9,12-17H,2-5,7,10-11,18-19H2,1H3. The molecule has 2 aromatic rings. The maximum Gasteiger partial charge on any atom is 0.118 e. The molecule has 24 heavy (non-hydrogen) atoms. The molecular formula is C22H30O2. The lowest BCUT2D eigenvalue weighted by Gasteiger charge is -2.06. The molecule has 0 atom stereocenters. The van der Waals surface area contributed by atoms with Crippen molar-refractivity contribution in [3.05, 3.63) is 65.7 Å². The Morgan fingerprint density at radius 3 is 2.04 bits per heavy atom. The van der Waals surface area contributed by atoms with E-state index in [1.54, 1.807) is 7.11 Å². The number of aryl methyl sites for hydroxylation is 1. The van der Waals surface area contributed by atoms with Crippen LogP contribution in [-0.2, 0) is 17.8 Å². The van der Waals surface area contributed by atoms with Gasteiger partial charge < -0.3 is 9.47 Å². The number of benzene rings is 2. The van der Waals surface area contributed by atoms with Crippen LogP contribution < -0.4 is 4.74 Å². The van der Waals surface area contributed by atoms with Gasteiger partial charge >= 0.3 is 0 Å². The Balaban J connectivity index is 1.40. The Morgan fingerprint density at radius 1 is 0.667 bits per heavy atom. The third-order valence-corrected chi connectivity index (χ3v) is 4.27. The van der Waals surface area contributed by atoms with Crippen molar-refractivity contribution < 1.29 is 9.47 Å². The van der Waals surface area contributed by atoms with E-state index < -0.39 is 0 Å². The van der Waals surface area contributed by atoms with E-state index in [9.17, 15) is 0 Å². The van der Waals surface area contributed by atoms with Crippen LogP contribution in [0.1, 0.15) is 49.7 Å². The Hall–Kier alpha value is -1.80. The van der Waals surface area contributed by atoms with Gasteiger partial charge in [0.15, 0.2) is 0 Å². The zero-order valence-corrected chi connectivity index (χ0v) is 14.9. The van der Waals surface area contributed by atoms with Gasteiger partial charge in [0.05, 0.1) is 13.7 Å². The van der Waals surface area contributed by atoms with E-state index in [1.807, 2.05) is 12.1 Å². The summed E-state index contributed by atoms with van der Waals surface area (Å²) in [6, 6.07) is 18.9. The van der Waals surface area contributed by atoms with Crippen LogP contribution in [0.15, 0.2) is 54.6 Å². The van der Waals surface area contributed by atoms with Crippen molar-refractivity contribution in [3.63, 3.8) is 0 Å². The SMILES string of the molecule is COc1ccc(COCCCCCCCCc2ccccc2)cc1. The normalized spacial score (nSPS) is 10.7. The van der Waals surface area contributed by atoms with Gasteiger partial charge in [0.2, 0.25) is 0 Å². The highest BCUT2D eigenvalue weighted by Crippen LogP contribution is 2.13. The number of ether oxygens (including phenoxy) is 2. The van der Waals surface area contributed by atoms with Crippen molar-refractivity contribution in [1.82, 2.24) is 0 Å². The van der Waals surface area contributed by atoms with Gasteiger partial charge in [0.25, 0.3) is 0 Å². The lowest BCUT2D eigenvalue weighted by atomic mass is 10.1. The first kappa shape index (κ1) is 18.5. The lowest BCUT2D eigenvalue weighted by Crippen LogP contribution is -1.96. The average molecular weight is 326 g/mol. The molecule has 0 aliphatic rings. The second kappa shape index (κ2) is 11.7. The fraction of sp³-hybridized carbons (Fsp3) is 0.455. The Bertz CT molecular complexity index is 534. The van der Waals surface area contributed by atoms with Crippen molar-refractivity contribution in [2.45, 2.75) is 51.6 Å². The fourth-order valence-electron chi connectivity index (χ4n) is 2.80. The molecule has 0 saturated carbocycles. The third kappa shape index (κ3) is 7.65. The predicted molar refractivity (Wildman–Crippen MR) is 100 cm³/mol. The highest BCUT2D eigenvalue weighted by Gasteiger charge is 1.96. The van der Waals surface area contributed by atoms with Crippen LogP contribution in [0, 0.1) is 0 Å². The molecule has 0 bridgehead atoms. The largest absolute Gasteiger partial charge is 0.497 e. The molecule has 2 nitrogen and oxygen atoms in total. The molecule has 0 spiro atoms. The minimum absolute atomic E-state index is 0.696. The summed E-state index contributed by atoms with van der Waals surface area (Å²) in [6.07, 6.45) is 8.94. The smallest absolute Gasteiger partial charge is 0.118 e. The first-order chi connectivity index (χ1) is 11.9. The minimum atomic E-state index is 0.696. The molecule has 0 fully saturated rings. The van der Waals surface area contributed by atoms with Crippen molar-refractivity contribution in [2.24, 2.45) is 0 Å². The zero-order chi connectivity index (χ0) is 16.9. The first-order valence-electron chi connectivity index (χ1n) is 9.13. The number of unbranched alkanes of at least 4 members (excludes halogenated alkanes) is 5. The van der Waals surface area contributed by atoms with Gasteiger partial charge in [-0.25, -0.2) is 0 Å². The number of hydrogen-bond donors (Lipinski definition) is 0. The summed E-state index contributed by atoms with van der Waals surface area (Å²) >= 11 is 0. The van der Waals surface area contributed by atoms with Crippen molar-refractivity contribution in [1.29, 1.82) is 0 Å². The van der Waals surface area contributed by atoms with Gasteiger partial charge in [-0.2, -0.15) is 0 Å². The Kier molecular flexibility index (Phi) is 9.03. The average Bonchev–Trinajstić information content (AvgIpc) is 2.64. The van der Waals surface area contributed by atoms with E-state index in [0.717, 1.165) is 18.8 Å². The quantitative estimate of drug-likeness (QED) is 0.459. The minimum Gasteiger partial charge on any atom is -0.497 e. The van der Waals surface area contributed by atoms with Crippen LogP contribution in [-0.4, -0.2) is 13.7 Å². The van der Waals surface area contributed by atoms with E-state index >= 15 is 0 Å². The summed E-state index contributed by atoms with van der Waals surface area (Å²) in [6.45, 7) is 1.55. The van der Waals surface area contributed by atoms with Crippen molar-refractivity contribution in [3.8, 4) is 5.75 Å². The van der Waals surface area contributed by atoms with Gasteiger partial charge in [0.1, 0.15) is 5.75 Å².